The van der Waals surface area contributed by atoms with E-state index in [9.17, 15) is 10.2 Å². The third-order valence-corrected chi connectivity index (χ3v) is 4.55. The fourth-order valence-electron chi connectivity index (χ4n) is 3.11. The lowest BCUT2D eigenvalue weighted by atomic mass is 10.1. The number of hydrogen-bond acceptors (Lipinski definition) is 6. The molecule has 1 aliphatic rings. The van der Waals surface area contributed by atoms with Gasteiger partial charge in [-0.2, -0.15) is 0 Å². The molecule has 2 N–H and O–H groups in total. The Bertz CT molecular complexity index is 707. The average Bonchev–Trinajstić information content (AvgIpc) is 2.57. The molecule has 128 valence electrons. The highest BCUT2D eigenvalue weighted by Gasteiger charge is 2.25. The van der Waals surface area contributed by atoms with Crippen molar-refractivity contribution < 1.29 is 10.2 Å². The highest BCUT2D eigenvalue weighted by Crippen LogP contribution is 2.28. The number of aromatic nitrogens is 2. The molecule has 6 nitrogen and oxygen atoms in total. The molecule has 1 aromatic carbocycles. The van der Waals surface area contributed by atoms with Gasteiger partial charge in [-0.3, -0.25) is 4.90 Å². The van der Waals surface area contributed by atoms with Crippen molar-refractivity contribution in [2.45, 2.75) is 19.4 Å². The van der Waals surface area contributed by atoms with Crippen LogP contribution in [0.25, 0.3) is 11.4 Å². The number of aliphatic hydroxyl groups is 1. The topological polar surface area (TPSA) is 72.7 Å². The summed E-state index contributed by atoms with van der Waals surface area (Å²) in [6.45, 7) is 4.77. The summed E-state index contributed by atoms with van der Waals surface area (Å²) >= 11 is 0. The van der Waals surface area contributed by atoms with Crippen molar-refractivity contribution in [2.24, 2.45) is 0 Å². The predicted molar refractivity (Wildman–Crippen MR) is 94.2 cm³/mol. The summed E-state index contributed by atoms with van der Waals surface area (Å²) < 4.78 is 0. The molecule has 1 atom stereocenters. The molecule has 0 unspecified atom stereocenters. The molecule has 0 radical (unpaired) electrons. The molecule has 2 aromatic rings. The number of aliphatic hydroxyl groups excluding tert-OH is 1. The Morgan fingerprint density at radius 1 is 1.21 bits per heavy atom. The van der Waals surface area contributed by atoms with Gasteiger partial charge in [-0.15, -0.1) is 0 Å². The number of nitrogens with zero attached hydrogens (tertiary/aromatic N) is 4. The molecule has 2 heterocycles. The first-order valence-corrected chi connectivity index (χ1v) is 8.28. The maximum Gasteiger partial charge on any atom is 0.165 e. The van der Waals surface area contributed by atoms with Gasteiger partial charge in [-0.05, 0) is 32.5 Å². The van der Waals surface area contributed by atoms with Crippen LogP contribution in [0.1, 0.15) is 12.1 Å². The van der Waals surface area contributed by atoms with E-state index in [1.165, 1.54) is 0 Å². The smallest absolute Gasteiger partial charge is 0.165 e. The van der Waals surface area contributed by atoms with Crippen LogP contribution in [-0.2, 0) is 0 Å². The van der Waals surface area contributed by atoms with Crippen LogP contribution in [0.2, 0.25) is 0 Å². The highest BCUT2D eigenvalue weighted by atomic mass is 16.3. The van der Waals surface area contributed by atoms with Gasteiger partial charge in [-0.1, -0.05) is 12.1 Å². The normalized spacial score (nSPS) is 18.8. The van der Waals surface area contributed by atoms with Crippen molar-refractivity contribution in [1.29, 1.82) is 0 Å². The Hall–Kier alpha value is -2.18. The van der Waals surface area contributed by atoms with Gasteiger partial charge in [0.15, 0.2) is 5.82 Å². The second kappa shape index (κ2) is 7.15. The van der Waals surface area contributed by atoms with Crippen molar-refractivity contribution in [3.8, 4) is 17.1 Å². The second-order valence-electron chi connectivity index (χ2n) is 6.30. The number of anilines is 1. The van der Waals surface area contributed by atoms with Crippen molar-refractivity contribution >= 4 is 5.82 Å². The van der Waals surface area contributed by atoms with E-state index in [0.717, 1.165) is 37.6 Å². The minimum Gasteiger partial charge on any atom is -0.507 e. The van der Waals surface area contributed by atoms with E-state index >= 15 is 0 Å². The largest absolute Gasteiger partial charge is 0.507 e. The van der Waals surface area contributed by atoms with Crippen molar-refractivity contribution in [1.82, 2.24) is 14.9 Å². The summed E-state index contributed by atoms with van der Waals surface area (Å²) in [5.41, 5.74) is 1.51. The first-order valence-electron chi connectivity index (χ1n) is 8.28. The Morgan fingerprint density at radius 3 is 2.75 bits per heavy atom. The number of para-hydroxylation sites is 1. The zero-order valence-electron chi connectivity index (χ0n) is 14.2. The zero-order chi connectivity index (χ0) is 17.1. The molecule has 6 heteroatoms. The van der Waals surface area contributed by atoms with E-state index in [4.69, 9.17) is 0 Å². The lowest BCUT2D eigenvalue weighted by Crippen LogP contribution is -2.52. The predicted octanol–water partition coefficient (Wildman–Crippen LogP) is 1.66. The van der Waals surface area contributed by atoms with Gasteiger partial charge in [0, 0.05) is 44.0 Å². The number of piperazine rings is 1. The van der Waals surface area contributed by atoms with Gasteiger partial charge >= 0.3 is 0 Å². The standard InChI is InChI=1S/C18H24N4O2/c1-13-11-17(22-9-8-21(2)14(12-22)7-10-23)20-18(19-13)15-5-3-4-6-16(15)24/h3-6,11,14,23-24H,7-10,12H2,1-2H3/t14-/m1/s1. The van der Waals surface area contributed by atoms with E-state index in [0.29, 0.717) is 17.4 Å². The third kappa shape index (κ3) is 3.49. The molecule has 1 aromatic heterocycles. The summed E-state index contributed by atoms with van der Waals surface area (Å²) in [6, 6.07) is 9.42. The lowest BCUT2D eigenvalue weighted by Gasteiger charge is -2.40. The van der Waals surface area contributed by atoms with Crippen LogP contribution in [-0.4, -0.2) is 64.4 Å². The Labute approximate surface area is 142 Å². The number of hydrogen-bond donors (Lipinski definition) is 2. The van der Waals surface area contributed by atoms with Gasteiger partial charge in [0.05, 0.1) is 5.56 Å². The van der Waals surface area contributed by atoms with E-state index in [-0.39, 0.29) is 12.4 Å². The minimum absolute atomic E-state index is 0.186. The molecule has 1 fully saturated rings. The Kier molecular flexibility index (Phi) is 4.97. The van der Waals surface area contributed by atoms with Gasteiger partial charge in [0.25, 0.3) is 0 Å². The molecule has 1 aliphatic heterocycles. The van der Waals surface area contributed by atoms with Gasteiger partial charge in [0.2, 0.25) is 0 Å². The van der Waals surface area contributed by atoms with Crippen LogP contribution in [0.15, 0.2) is 30.3 Å². The van der Waals surface area contributed by atoms with E-state index in [1.54, 1.807) is 12.1 Å². The van der Waals surface area contributed by atoms with E-state index in [1.807, 2.05) is 25.1 Å². The highest BCUT2D eigenvalue weighted by molar-refractivity contribution is 5.65. The van der Waals surface area contributed by atoms with E-state index < -0.39 is 0 Å². The maximum absolute atomic E-state index is 10.1. The summed E-state index contributed by atoms with van der Waals surface area (Å²) in [6.07, 6.45) is 0.753. The van der Waals surface area contributed by atoms with Crippen LogP contribution in [0.3, 0.4) is 0 Å². The Balaban J connectivity index is 1.90. The molecule has 0 spiro atoms. The molecular formula is C18H24N4O2. The molecule has 0 saturated carbocycles. The maximum atomic E-state index is 10.1. The second-order valence-corrected chi connectivity index (χ2v) is 6.30. The van der Waals surface area contributed by atoms with E-state index in [2.05, 4.69) is 26.8 Å². The first kappa shape index (κ1) is 16.7. The molecule has 1 saturated heterocycles. The Morgan fingerprint density at radius 2 is 2.00 bits per heavy atom. The van der Waals surface area contributed by atoms with Crippen molar-refractivity contribution in [2.75, 3.05) is 38.2 Å². The number of likely N-dealkylation sites (N-methyl/N-ethyl adjacent to an activating group) is 1. The lowest BCUT2D eigenvalue weighted by molar-refractivity contribution is 0.170. The summed E-state index contributed by atoms with van der Waals surface area (Å²) in [4.78, 5) is 13.7. The number of benzene rings is 1. The average molecular weight is 328 g/mol. The quantitative estimate of drug-likeness (QED) is 0.889. The van der Waals surface area contributed by atoms with Crippen LogP contribution >= 0.6 is 0 Å². The number of phenolic OH excluding ortho intramolecular Hbond substituents is 1. The summed E-state index contributed by atoms with van der Waals surface area (Å²) in [7, 11) is 2.09. The summed E-state index contributed by atoms with van der Waals surface area (Å²) in [5.74, 6) is 1.60. The van der Waals surface area contributed by atoms with Crippen LogP contribution in [0, 0.1) is 6.92 Å². The third-order valence-electron chi connectivity index (χ3n) is 4.55. The zero-order valence-corrected chi connectivity index (χ0v) is 14.2. The van der Waals surface area contributed by atoms with Crippen molar-refractivity contribution in [3.05, 3.63) is 36.0 Å². The molecule has 0 amide bonds. The minimum atomic E-state index is 0.186. The monoisotopic (exact) mass is 328 g/mol. The van der Waals surface area contributed by atoms with Gasteiger partial charge < -0.3 is 15.1 Å². The first-order chi connectivity index (χ1) is 11.6. The SMILES string of the molecule is Cc1cc(N2CCN(C)[C@H](CCO)C2)nc(-c2ccccc2O)n1. The van der Waals surface area contributed by atoms with Crippen molar-refractivity contribution in [3.63, 3.8) is 0 Å². The van der Waals surface area contributed by atoms with Crippen LogP contribution in [0.4, 0.5) is 5.82 Å². The fourth-order valence-corrected chi connectivity index (χ4v) is 3.11. The van der Waals surface area contributed by atoms with Gasteiger partial charge in [0.1, 0.15) is 11.6 Å². The number of aromatic hydroxyl groups is 1. The number of aryl methyl sites for hydroxylation is 1. The van der Waals surface area contributed by atoms with Crippen LogP contribution < -0.4 is 4.90 Å². The molecule has 0 bridgehead atoms. The van der Waals surface area contributed by atoms with Crippen LogP contribution in [0.5, 0.6) is 5.75 Å². The molecule has 0 aliphatic carbocycles. The molecular weight excluding hydrogens is 304 g/mol. The van der Waals surface area contributed by atoms with Gasteiger partial charge in [-0.25, -0.2) is 9.97 Å². The summed E-state index contributed by atoms with van der Waals surface area (Å²) in [5, 5.41) is 19.3. The molecule has 24 heavy (non-hydrogen) atoms. The number of phenols is 1. The fraction of sp³-hybridized carbons (Fsp3) is 0.444. The number of rotatable bonds is 4. The molecule has 3 rings (SSSR count).